The molecule has 0 aliphatic rings. The van der Waals surface area contributed by atoms with Gasteiger partial charge >= 0.3 is 6.18 Å². The highest BCUT2D eigenvalue weighted by atomic mass is 32.2. The molecule has 0 bridgehead atoms. The summed E-state index contributed by atoms with van der Waals surface area (Å²) in [5.74, 6) is -1.65. The van der Waals surface area contributed by atoms with Gasteiger partial charge in [0.15, 0.2) is 4.90 Å². The number of nitrogens with one attached hydrogen (secondary N) is 2. The van der Waals surface area contributed by atoms with Crippen LogP contribution in [0.2, 0.25) is 0 Å². The average Bonchev–Trinajstić information content (AvgIpc) is 3.00. The summed E-state index contributed by atoms with van der Waals surface area (Å²) in [7, 11) is -2.67. The van der Waals surface area contributed by atoms with Gasteiger partial charge in [0.1, 0.15) is 0 Å². The second-order valence-corrected chi connectivity index (χ2v) is 6.77. The summed E-state index contributed by atoms with van der Waals surface area (Å²) in [5.41, 5.74) is -2.10. The van der Waals surface area contributed by atoms with E-state index in [0.29, 0.717) is 6.07 Å². The third-order valence-corrected chi connectivity index (χ3v) is 4.76. The first kappa shape index (κ1) is 19.4. The third-order valence-electron chi connectivity index (χ3n) is 3.38. The Hall–Kier alpha value is -3.36. The number of sulfonamides is 1. The smallest absolute Gasteiger partial charge is 0.418 e. The number of anilines is 1. The highest BCUT2D eigenvalue weighted by Gasteiger charge is 2.40. The summed E-state index contributed by atoms with van der Waals surface area (Å²) in [6.07, 6.45) is -4.24. The summed E-state index contributed by atoms with van der Waals surface area (Å²) >= 11 is 0. The topological polar surface area (TPSA) is 141 Å². The molecule has 3 aromatic rings. The van der Waals surface area contributed by atoms with Gasteiger partial charge in [-0.1, -0.05) is 0 Å². The van der Waals surface area contributed by atoms with Gasteiger partial charge in [-0.15, -0.1) is 5.10 Å². The predicted octanol–water partition coefficient (Wildman–Crippen LogP) is 0.649. The van der Waals surface area contributed by atoms with Crippen LogP contribution < -0.4 is 19.8 Å². The molecule has 11 nitrogen and oxygen atoms in total. The first-order chi connectivity index (χ1) is 13.1. The van der Waals surface area contributed by atoms with Gasteiger partial charge in [-0.3, -0.25) is 9.78 Å². The number of aromatic nitrogens is 5. The molecule has 0 saturated carbocycles. The lowest BCUT2D eigenvalue weighted by molar-refractivity contribution is -0.140. The van der Waals surface area contributed by atoms with Gasteiger partial charge in [-0.25, -0.2) is 18.1 Å². The van der Waals surface area contributed by atoms with E-state index in [1.807, 2.05) is 4.72 Å². The highest BCUT2D eigenvalue weighted by molar-refractivity contribution is 7.92. The molecule has 0 unspecified atom stereocenters. The number of hydrogen-bond acceptors (Lipinski definition) is 8. The van der Waals surface area contributed by atoms with Gasteiger partial charge in [0.2, 0.25) is 17.5 Å². The van der Waals surface area contributed by atoms with Crippen LogP contribution in [0.3, 0.4) is 0 Å². The van der Waals surface area contributed by atoms with Gasteiger partial charge in [0.05, 0.1) is 25.8 Å². The average molecular weight is 420 g/mol. The molecule has 0 saturated heterocycles. The minimum absolute atomic E-state index is 0.0772. The first-order valence-electron chi connectivity index (χ1n) is 7.24. The van der Waals surface area contributed by atoms with Crippen molar-refractivity contribution in [2.45, 2.75) is 11.1 Å². The van der Waals surface area contributed by atoms with Gasteiger partial charge in [-0.05, 0) is 6.07 Å². The number of pyridine rings is 1. The van der Waals surface area contributed by atoms with Crippen molar-refractivity contribution in [1.29, 1.82) is 0 Å². The fourth-order valence-electron chi connectivity index (χ4n) is 2.28. The van der Waals surface area contributed by atoms with E-state index in [-0.39, 0.29) is 11.7 Å². The highest BCUT2D eigenvalue weighted by Crippen LogP contribution is 2.38. The Bertz CT molecular complexity index is 1200. The van der Waals surface area contributed by atoms with Crippen molar-refractivity contribution in [3.8, 4) is 11.8 Å². The molecule has 0 aromatic carbocycles. The van der Waals surface area contributed by atoms with E-state index >= 15 is 0 Å². The van der Waals surface area contributed by atoms with Crippen molar-refractivity contribution in [2.75, 3.05) is 18.9 Å². The zero-order chi connectivity index (χ0) is 20.7. The number of nitrogens with zero attached hydrogens (tertiary/aromatic N) is 4. The lowest BCUT2D eigenvalue weighted by Gasteiger charge is -2.15. The second kappa shape index (κ2) is 6.66. The van der Waals surface area contributed by atoms with Gasteiger partial charge in [0.25, 0.3) is 21.5 Å². The maximum Gasteiger partial charge on any atom is 0.418 e. The molecule has 3 heterocycles. The fraction of sp³-hybridized carbons (Fsp3) is 0.231. The van der Waals surface area contributed by atoms with Crippen molar-refractivity contribution in [3.63, 3.8) is 0 Å². The molecule has 0 aliphatic heterocycles. The van der Waals surface area contributed by atoms with Crippen LogP contribution in [-0.4, -0.2) is 47.2 Å². The number of ether oxygens (including phenoxy) is 2. The lowest BCUT2D eigenvalue weighted by atomic mass is 10.2. The van der Waals surface area contributed by atoms with Crippen LogP contribution in [0, 0.1) is 0 Å². The first-order valence-corrected chi connectivity index (χ1v) is 8.72. The quantitative estimate of drug-likeness (QED) is 0.613. The van der Waals surface area contributed by atoms with Crippen LogP contribution in [-0.2, 0) is 16.2 Å². The van der Waals surface area contributed by atoms with Crippen LogP contribution in [0.25, 0.3) is 5.78 Å². The third kappa shape index (κ3) is 3.42. The largest absolute Gasteiger partial charge is 0.481 e. The molecule has 0 amide bonds. The lowest BCUT2D eigenvalue weighted by Crippen LogP contribution is -2.21. The maximum absolute atomic E-state index is 13.3. The zero-order valence-electron chi connectivity index (χ0n) is 14.1. The van der Waals surface area contributed by atoms with Crippen LogP contribution >= 0.6 is 0 Å². The normalized spacial score (nSPS) is 12.2. The summed E-state index contributed by atoms with van der Waals surface area (Å²) in [6, 6.07) is 1.51. The minimum atomic E-state index is -5.00. The van der Waals surface area contributed by atoms with E-state index in [4.69, 9.17) is 4.74 Å². The number of aromatic amines is 1. The molecule has 3 aromatic heterocycles. The van der Waals surface area contributed by atoms with E-state index in [1.165, 1.54) is 7.11 Å². The number of halogens is 3. The van der Waals surface area contributed by atoms with Crippen molar-refractivity contribution in [3.05, 3.63) is 34.2 Å². The Morgan fingerprint density at radius 3 is 2.57 bits per heavy atom. The summed E-state index contributed by atoms with van der Waals surface area (Å²) in [4.78, 5) is 19.8. The van der Waals surface area contributed by atoms with Crippen molar-refractivity contribution < 1.29 is 31.1 Å². The molecule has 0 aliphatic carbocycles. The summed E-state index contributed by atoms with van der Waals surface area (Å²) in [6.45, 7) is 0. The summed E-state index contributed by atoms with van der Waals surface area (Å²) < 4.78 is 77.4. The van der Waals surface area contributed by atoms with Crippen LogP contribution in [0.4, 0.5) is 19.1 Å². The molecular weight excluding hydrogens is 409 g/mol. The predicted molar refractivity (Wildman–Crippen MR) is 86.8 cm³/mol. The molecule has 28 heavy (non-hydrogen) atoms. The molecule has 0 spiro atoms. The van der Waals surface area contributed by atoms with Crippen molar-refractivity contribution in [2.24, 2.45) is 0 Å². The number of H-pyrrole nitrogens is 1. The Morgan fingerprint density at radius 2 is 1.96 bits per heavy atom. The Morgan fingerprint density at radius 1 is 1.25 bits per heavy atom. The Kier molecular flexibility index (Phi) is 4.62. The maximum atomic E-state index is 13.3. The molecule has 0 fully saturated rings. The SMILES string of the molecule is COc1nccc(C(F)(F)F)c1S(=O)(=O)Nc1nc2[nH]c(=O)cc(OC)n2n1. The monoisotopic (exact) mass is 420 g/mol. The standard InChI is InChI=1S/C13H11F3N6O5S/c1-26-8-5-7(23)18-12-19-11(20-22(8)12)21-28(24,25)9-6(13(14,15)16)3-4-17-10(9)27-2/h3-5H,1-2H3,(H2,18,19,20,21,23). The Labute approximate surface area is 154 Å². The van der Waals surface area contributed by atoms with Gasteiger partial charge in [-0.2, -0.15) is 22.7 Å². The summed E-state index contributed by atoms with van der Waals surface area (Å²) in [5, 5.41) is 3.76. The number of fused-ring (bicyclic) bond motifs is 1. The van der Waals surface area contributed by atoms with Crippen LogP contribution in [0.1, 0.15) is 5.56 Å². The molecular formula is C13H11F3N6O5S. The number of hydrogen-bond donors (Lipinski definition) is 2. The second-order valence-electron chi connectivity index (χ2n) is 5.15. The molecule has 3 rings (SSSR count). The number of methoxy groups -OCH3 is 2. The zero-order valence-corrected chi connectivity index (χ0v) is 14.9. The molecule has 150 valence electrons. The van der Waals surface area contributed by atoms with E-state index in [1.54, 1.807) is 0 Å². The number of alkyl halides is 3. The van der Waals surface area contributed by atoms with Crippen molar-refractivity contribution in [1.82, 2.24) is 24.6 Å². The van der Waals surface area contributed by atoms with E-state index in [9.17, 15) is 26.4 Å². The fourth-order valence-corrected chi connectivity index (χ4v) is 3.55. The molecule has 0 radical (unpaired) electrons. The van der Waals surface area contributed by atoms with Crippen LogP contribution in [0.5, 0.6) is 11.8 Å². The van der Waals surface area contributed by atoms with Gasteiger partial charge in [0, 0.05) is 6.20 Å². The van der Waals surface area contributed by atoms with Crippen molar-refractivity contribution >= 4 is 21.7 Å². The van der Waals surface area contributed by atoms with E-state index in [0.717, 1.165) is 23.9 Å². The van der Waals surface area contributed by atoms with E-state index in [2.05, 4.69) is 24.8 Å². The minimum Gasteiger partial charge on any atom is -0.481 e. The molecule has 2 N–H and O–H groups in total. The van der Waals surface area contributed by atoms with E-state index < -0.39 is 44.0 Å². The van der Waals surface area contributed by atoms with Gasteiger partial charge < -0.3 is 9.47 Å². The number of rotatable bonds is 5. The molecule has 15 heteroatoms. The Balaban J connectivity index is 2.13. The molecule has 0 atom stereocenters. The van der Waals surface area contributed by atoms with Crippen LogP contribution in [0.15, 0.2) is 28.0 Å².